The first kappa shape index (κ1) is 22.1. The smallest absolute Gasteiger partial charge is 0.224 e. The van der Waals surface area contributed by atoms with Gasteiger partial charge >= 0.3 is 0 Å². The van der Waals surface area contributed by atoms with E-state index >= 15 is 0 Å². The summed E-state index contributed by atoms with van der Waals surface area (Å²) in [6.45, 7) is 8.96. The van der Waals surface area contributed by atoms with Crippen molar-refractivity contribution >= 4 is 28.9 Å². The van der Waals surface area contributed by atoms with Crippen LogP contribution in [-0.2, 0) is 11.3 Å². The second kappa shape index (κ2) is 11.0. The molecule has 1 amide bonds. The fourth-order valence-electron chi connectivity index (χ4n) is 3.37. The molecule has 0 radical (unpaired) electrons. The molecular weight excluding hydrogens is 401 g/mol. The van der Waals surface area contributed by atoms with Gasteiger partial charge in [0.05, 0.1) is 6.54 Å². The van der Waals surface area contributed by atoms with Crippen molar-refractivity contribution in [3.05, 3.63) is 52.0 Å². The molecule has 0 atom stereocenters. The van der Waals surface area contributed by atoms with Crippen molar-refractivity contribution in [3.63, 3.8) is 0 Å². The number of halogens is 1. The molecule has 2 heterocycles. The standard InChI is InChI=1S/C22H30FN5OS/c1-3-24-22(26-16-20-17(2)9-15-30-20)25-10-8-21(29)28-13-11-27(12-14-28)19-6-4-18(23)5-7-19/h4-7,9,15H,3,8,10-14,16H2,1-2H3,(H2,24,25,26). The number of thiophene rings is 1. The lowest BCUT2D eigenvalue weighted by Crippen LogP contribution is -2.49. The van der Waals surface area contributed by atoms with Gasteiger partial charge in [-0.15, -0.1) is 11.3 Å². The Balaban J connectivity index is 1.42. The van der Waals surface area contributed by atoms with E-state index in [9.17, 15) is 9.18 Å². The number of benzene rings is 1. The SMILES string of the molecule is CCNC(=NCc1sccc1C)NCCC(=O)N1CCN(c2ccc(F)cc2)CC1. The van der Waals surface area contributed by atoms with Gasteiger partial charge in [-0.1, -0.05) is 0 Å². The molecule has 162 valence electrons. The van der Waals surface area contributed by atoms with Crippen molar-refractivity contribution in [2.75, 3.05) is 44.2 Å². The number of hydrogen-bond acceptors (Lipinski definition) is 4. The van der Waals surface area contributed by atoms with E-state index in [4.69, 9.17) is 0 Å². The number of aryl methyl sites for hydroxylation is 1. The number of carbonyl (C=O) groups is 1. The van der Waals surface area contributed by atoms with E-state index in [1.54, 1.807) is 23.5 Å². The zero-order chi connectivity index (χ0) is 21.3. The summed E-state index contributed by atoms with van der Waals surface area (Å²) < 4.78 is 13.1. The number of guanidine groups is 1. The summed E-state index contributed by atoms with van der Waals surface area (Å²) in [5.74, 6) is 0.650. The minimum atomic E-state index is -0.231. The molecule has 1 aliphatic rings. The lowest BCUT2D eigenvalue weighted by Gasteiger charge is -2.36. The van der Waals surface area contributed by atoms with Gasteiger partial charge in [-0.3, -0.25) is 4.79 Å². The van der Waals surface area contributed by atoms with Crippen LogP contribution in [0.5, 0.6) is 0 Å². The van der Waals surface area contributed by atoms with E-state index in [2.05, 4.69) is 38.9 Å². The lowest BCUT2D eigenvalue weighted by atomic mass is 10.2. The fraction of sp³-hybridized carbons (Fsp3) is 0.455. The number of rotatable bonds is 7. The number of carbonyl (C=O) groups excluding carboxylic acids is 1. The van der Waals surface area contributed by atoms with Crippen molar-refractivity contribution in [2.45, 2.75) is 26.8 Å². The average molecular weight is 432 g/mol. The Hall–Kier alpha value is -2.61. The van der Waals surface area contributed by atoms with Gasteiger partial charge in [0.25, 0.3) is 0 Å². The number of nitrogens with one attached hydrogen (secondary N) is 2. The molecule has 3 rings (SSSR count). The summed E-state index contributed by atoms with van der Waals surface area (Å²) in [6, 6.07) is 8.62. The number of anilines is 1. The van der Waals surface area contributed by atoms with Crippen LogP contribution >= 0.6 is 11.3 Å². The summed E-state index contributed by atoms with van der Waals surface area (Å²) >= 11 is 1.71. The van der Waals surface area contributed by atoms with Gasteiger partial charge in [-0.05, 0) is 55.1 Å². The number of hydrogen-bond donors (Lipinski definition) is 2. The summed E-state index contributed by atoms with van der Waals surface area (Å²) in [5.41, 5.74) is 2.26. The van der Waals surface area contributed by atoms with Crippen LogP contribution in [0.3, 0.4) is 0 Å². The van der Waals surface area contributed by atoms with E-state index in [0.717, 1.165) is 31.3 Å². The summed E-state index contributed by atoms with van der Waals surface area (Å²) in [6.07, 6.45) is 0.430. The van der Waals surface area contributed by atoms with Crippen LogP contribution in [0.2, 0.25) is 0 Å². The van der Waals surface area contributed by atoms with Crippen molar-refractivity contribution in [1.29, 1.82) is 0 Å². The van der Waals surface area contributed by atoms with Gasteiger partial charge in [-0.25, -0.2) is 9.38 Å². The predicted molar refractivity (Wildman–Crippen MR) is 122 cm³/mol. The molecule has 0 saturated carbocycles. The van der Waals surface area contributed by atoms with Gasteiger partial charge in [-0.2, -0.15) is 0 Å². The predicted octanol–water partition coefficient (Wildman–Crippen LogP) is 2.99. The van der Waals surface area contributed by atoms with E-state index in [0.29, 0.717) is 32.6 Å². The van der Waals surface area contributed by atoms with Gasteiger partial charge in [0.1, 0.15) is 5.82 Å². The number of piperazine rings is 1. The van der Waals surface area contributed by atoms with Crippen molar-refractivity contribution in [3.8, 4) is 0 Å². The molecule has 0 aliphatic carbocycles. The van der Waals surface area contributed by atoms with Gasteiger partial charge < -0.3 is 20.4 Å². The monoisotopic (exact) mass is 431 g/mol. The zero-order valence-corrected chi connectivity index (χ0v) is 18.5. The Morgan fingerprint density at radius 3 is 2.50 bits per heavy atom. The number of aliphatic imine (C=N–C) groups is 1. The first-order valence-electron chi connectivity index (χ1n) is 10.4. The van der Waals surface area contributed by atoms with Crippen LogP contribution < -0.4 is 15.5 Å². The quantitative estimate of drug-likeness (QED) is 0.523. The van der Waals surface area contributed by atoms with Gasteiger partial charge in [0.2, 0.25) is 5.91 Å². The largest absolute Gasteiger partial charge is 0.368 e. The maximum Gasteiger partial charge on any atom is 0.224 e. The third-order valence-corrected chi connectivity index (χ3v) is 6.16. The fourth-order valence-corrected chi connectivity index (χ4v) is 4.20. The molecule has 1 aliphatic heterocycles. The molecule has 0 bridgehead atoms. The van der Waals surface area contributed by atoms with Crippen LogP contribution in [0.1, 0.15) is 23.8 Å². The molecule has 0 spiro atoms. The molecule has 1 saturated heterocycles. The Morgan fingerprint density at radius 1 is 1.13 bits per heavy atom. The molecule has 2 N–H and O–H groups in total. The average Bonchev–Trinajstić information content (AvgIpc) is 3.17. The van der Waals surface area contributed by atoms with Crippen LogP contribution in [0.4, 0.5) is 10.1 Å². The maximum absolute atomic E-state index is 13.1. The molecular formula is C22H30FN5OS. The molecule has 1 aromatic heterocycles. The second-order valence-corrected chi connectivity index (χ2v) is 8.24. The summed E-state index contributed by atoms with van der Waals surface area (Å²) in [7, 11) is 0. The van der Waals surface area contributed by atoms with Crippen LogP contribution in [0.15, 0.2) is 40.7 Å². The van der Waals surface area contributed by atoms with Gasteiger partial charge in [0, 0.05) is 56.3 Å². The topological polar surface area (TPSA) is 60.0 Å². The highest BCUT2D eigenvalue weighted by atomic mass is 32.1. The van der Waals surface area contributed by atoms with Crippen LogP contribution in [0, 0.1) is 12.7 Å². The first-order valence-corrected chi connectivity index (χ1v) is 11.3. The minimum absolute atomic E-state index is 0.145. The molecule has 8 heteroatoms. The third kappa shape index (κ3) is 6.19. The third-order valence-electron chi connectivity index (χ3n) is 5.15. The van der Waals surface area contributed by atoms with Crippen molar-refractivity contribution in [1.82, 2.24) is 15.5 Å². The lowest BCUT2D eigenvalue weighted by molar-refractivity contribution is -0.131. The zero-order valence-electron chi connectivity index (χ0n) is 17.7. The number of amides is 1. The normalized spacial score (nSPS) is 14.7. The minimum Gasteiger partial charge on any atom is -0.368 e. The molecule has 30 heavy (non-hydrogen) atoms. The number of nitrogens with zero attached hydrogens (tertiary/aromatic N) is 3. The van der Waals surface area contributed by atoms with Gasteiger partial charge in [0.15, 0.2) is 5.96 Å². The van der Waals surface area contributed by atoms with E-state index < -0.39 is 0 Å². The highest BCUT2D eigenvalue weighted by molar-refractivity contribution is 7.10. The van der Waals surface area contributed by atoms with E-state index in [-0.39, 0.29) is 11.7 Å². The summed E-state index contributed by atoms with van der Waals surface area (Å²) in [4.78, 5) is 22.5. The van der Waals surface area contributed by atoms with E-state index in [1.165, 1.54) is 22.6 Å². The molecule has 2 aromatic rings. The van der Waals surface area contributed by atoms with Crippen LogP contribution in [0.25, 0.3) is 0 Å². The Bertz CT molecular complexity index is 843. The Labute approximate surface area is 181 Å². The Kier molecular flexibility index (Phi) is 8.07. The molecule has 1 fully saturated rings. The van der Waals surface area contributed by atoms with Crippen molar-refractivity contribution in [2.24, 2.45) is 4.99 Å². The summed E-state index contributed by atoms with van der Waals surface area (Å²) in [5, 5.41) is 8.57. The second-order valence-electron chi connectivity index (χ2n) is 7.24. The van der Waals surface area contributed by atoms with Crippen LogP contribution in [-0.4, -0.2) is 56.0 Å². The highest BCUT2D eigenvalue weighted by Gasteiger charge is 2.21. The maximum atomic E-state index is 13.1. The molecule has 0 unspecified atom stereocenters. The molecule has 6 nitrogen and oxygen atoms in total. The first-order chi connectivity index (χ1) is 14.6. The van der Waals surface area contributed by atoms with Crippen molar-refractivity contribution < 1.29 is 9.18 Å². The van der Waals surface area contributed by atoms with E-state index in [1.807, 2.05) is 11.8 Å². The Morgan fingerprint density at radius 2 is 1.87 bits per heavy atom. The molecule has 1 aromatic carbocycles. The highest BCUT2D eigenvalue weighted by Crippen LogP contribution is 2.17.